The highest BCUT2D eigenvalue weighted by Gasteiger charge is 2.67. The maximum atomic E-state index is 13.4. The van der Waals surface area contributed by atoms with E-state index in [4.69, 9.17) is 0 Å². The molecule has 0 spiro atoms. The van der Waals surface area contributed by atoms with Crippen molar-refractivity contribution in [2.45, 2.75) is 25.9 Å². The molecule has 1 aromatic rings. The van der Waals surface area contributed by atoms with Gasteiger partial charge in [-0.15, -0.1) is 0 Å². The lowest BCUT2D eigenvalue weighted by molar-refractivity contribution is -0.171. The number of para-hydroxylation sites is 1. The van der Waals surface area contributed by atoms with Gasteiger partial charge in [-0.1, -0.05) is 37.3 Å². The van der Waals surface area contributed by atoms with E-state index in [0.29, 0.717) is 28.7 Å². The first-order valence-corrected chi connectivity index (χ1v) is 10.2. The van der Waals surface area contributed by atoms with Crippen molar-refractivity contribution in [3.05, 3.63) is 42.0 Å². The van der Waals surface area contributed by atoms with Crippen LogP contribution in [0.5, 0.6) is 0 Å². The topological polar surface area (TPSA) is 57.7 Å². The van der Waals surface area contributed by atoms with Crippen molar-refractivity contribution in [2.75, 3.05) is 11.6 Å². The van der Waals surface area contributed by atoms with Crippen LogP contribution in [-0.2, 0) is 20.8 Å². The minimum atomic E-state index is -5.12. The number of imide groups is 1. The van der Waals surface area contributed by atoms with Crippen LogP contribution < -0.4 is 4.90 Å². The highest BCUT2D eigenvalue weighted by atomic mass is 19.4. The zero-order chi connectivity index (χ0) is 21.4. The number of amides is 3. The molecule has 0 aromatic heterocycles. The Morgan fingerprint density at radius 2 is 1.63 bits per heavy atom. The van der Waals surface area contributed by atoms with E-state index in [1.54, 1.807) is 19.1 Å². The predicted octanol–water partition coefficient (Wildman–Crippen LogP) is 3.15. The van der Waals surface area contributed by atoms with Crippen LogP contribution in [0.3, 0.4) is 0 Å². The van der Waals surface area contributed by atoms with E-state index >= 15 is 0 Å². The molecule has 0 radical (unpaired) electrons. The first-order valence-electron chi connectivity index (χ1n) is 10.2. The number of nitrogens with zero attached hydrogens (tertiary/aromatic N) is 2. The van der Waals surface area contributed by atoms with Crippen LogP contribution in [-0.4, -0.2) is 35.5 Å². The highest BCUT2D eigenvalue weighted by Crippen LogP contribution is 2.65. The van der Waals surface area contributed by atoms with Crippen LogP contribution in [0.4, 0.5) is 18.9 Å². The Morgan fingerprint density at radius 3 is 2.17 bits per heavy atom. The maximum Gasteiger partial charge on any atom is 0.471 e. The Labute approximate surface area is 171 Å². The molecule has 5 nitrogen and oxygen atoms in total. The quantitative estimate of drug-likeness (QED) is 0.558. The minimum Gasteiger partial charge on any atom is -0.286 e. The van der Waals surface area contributed by atoms with Crippen molar-refractivity contribution in [1.82, 2.24) is 4.90 Å². The highest BCUT2D eigenvalue weighted by molar-refractivity contribution is 6.07. The number of carbonyl (C=O) groups is 3. The zero-order valence-corrected chi connectivity index (χ0v) is 16.3. The normalized spacial score (nSPS) is 33.5. The molecular formula is C22H21F3N2O3. The van der Waals surface area contributed by atoms with Gasteiger partial charge < -0.3 is 0 Å². The van der Waals surface area contributed by atoms with Crippen molar-refractivity contribution in [1.29, 1.82) is 0 Å². The third-order valence-electron chi connectivity index (χ3n) is 7.19. The molecular weight excluding hydrogens is 397 g/mol. The number of rotatable bonds is 4. The lowest BCUT2D eigenvalue weighted by Gasteiger charge is -2.37. The molecule has 1 aliphatic heterocycles. The molecule has 8 heteroatoms. The molecule has 158 valence electrons. The van der Waals surface area contributed by atoms with Crippen LogP contribution >= 0.6 is 0 Å². The summed E-state index contributed by atoms with van der Waals surface area (Å²) in [6.45, 7) is 1.06. The lowest BCUT2D eigenvalue weighted by Crippen LogP contribution is -2.49. The van der Waals surface area contributed by atoms with E-state index in [1.807, 2.05) is 12.2 Å². The van der Waals surface area contributed by atoms with Gasteiger partial charge in [-0.3, -0.25) is 24.2 Å². The van der Waals surface area contributed by atoms with Crippen LogP contribution in [0.15, 0.2) is 36.4 Å². The van der Waals surface area contributed by atoms with E-state index in [0.717, 1.165) is 11.3 Å². The summed E-state index contributed by atoms with van der Waals surface area (Å²) in [4.78, 5) is 40.0. The summed E-state index contributed by atoms with van der Waals surface area (Å²) in [5.41, 5.74) is 0.608. The van der Waals surface area contributed by atoms with E-state index in [9.17, 15) is 27.6 Å². The number of anilines is 1. The van der Waals surface area contributed by atoms with Crippen molar-refractivity contribution in [3.63, 3.8) is 0 Å². The summed E-state index contributed by atoms with van der Waals surface area (Å²) in [5, 5.41) is 0. The van der Waals surface area contributed by atoms with Gasteiger partial charge in [0.1, 0.15) is 6.67 Å². The summed E-state index contributed by atoms with van der Waals surface area (Å²) in [6.07, 6.45) is 0.280. The SMILES string of the molecule is CCc1ccccc1N(CN1C(=O)[C@@H]2[C@H]3C=C[C@@H]([C@@H]4C[C@@H]34)[C@H]2C1=O)C(=O)C(F)(F)F. The smallest absolute Gasteiger partial charge is 0.286 e. The number of likely N-dealkylation sites (tertiary alicyclic amines) is 1. The fourth-order valence-electron chi connectivity index (χ4n) is 5.78. The molecule has 1 heterocycles. The molecule has 2 bridgehead atoms. The van der Waals surface area contributed by atoms with E-state index in [1.165, 1.54) is 12.1 Å². The Hall–Kier alpha value is -2.64. The lowest BCUT2D eigenvalue weighted by atomic mass is 9.63. The van der Waals surface area contributed by atoms with Gasteiger partial charge in [-0.05, 0) is 48.1 Å². The van der Waals surface area contributed by atoms with E-state index in [2.05, 4.69) is 0 Å². The van der Waals surface area contributed by atoms with Gasteiger partial charge >= 0.3 is 12.1 Å². The standard InChI is InChI=1S/C22H21F3N2O3/c1-2-11-5-3-4-6-16(11)26(21(30)22(23,24)25)10-27-19(28)17-12-7-8-13(15-9-14(12)15)18(17)20(27)29/h3-8,12-15,17-18H,2,9-10H2,1H3/t12-,13-,14-,15-,17+,18+/m0/s1. The number of carbonyl (C=O) groups excluding carboxylic acids is 3. The van der Waals surface area contributed by atoms with Gasteiger partial charge in [0.2, 0.25) is 11.8 Å². The van der Waals surface area contributed by atoms with Gasteiger partial charge in [0.15, 0.2) is 0 Å². The number of hydrogen-bond acceptors (Lipinski definition) is 3. The second-order valence-electron chi connectivity index (χ2n) is 8.61. The van der Waals surface area contributed by atoms with Crippen molar-refractivity contribution in [2.24, 2.45) is 35.5 Å². The Bertz CT molecular complexity index is 937. The summed E-state index contributed by atoms with van der Waals surface area (Å²) in [7, 11) is 0. The fourth-order valence-corrected chi connectivity index (χ4v) is 5.78. The summed E-state index contributed by atoms with van der Waals surface area (Å²) in [6, 6.07) is 6.27. The second-order valence-corrected chi connectivity index (χ2v) is 8.61. The third kappa shape index (κ3) is 2.65. The van der Waals surface area contributed by atoms with Gasteiger partial charge in [0.05, 0.1) is 11.8 Å². The van der Waals surface area contributed by atoms with Gasteiger partial charge in [-0.2, -0.15) is 13.2 Å². The third-order valence-corrected chi connectivity index (χ3v) is 7.19. The average Bonchev–Trinajstić information content (AvgIpc) is 3.51. The number of alkyl halides is 3. The molecule has 30 heavy (non-hydrogen) atoms. The summed E-state index contributed by atoms with van der Waals surface area (Å²) in [5.74, 6) is -3.28. The van der Waals surface area contributed by atoms with Crippen molar-refractivity contribution < 1.29 is 27.6 Å². The van der Waals surface area contributed by atoms with Gasteiger partial charge in [0, 0.05) is 5.69 Å². The minimum absolute atomic E-state index is 0.0267. The summed E-state index contributed by atoms with van der Waals surface area (Å²) < 4.78 is 40.2. The Morgan fingerprint density at radius 1 is 1.07 bits per heavy atom. The first-order chi connectivity index (χ1) is 14.2. The van der Waals surface area contributed by atoms with Gasteiger partial charge in [0.25, 0.3) is 0 Å². The van der Waals surface area contributed by atoms with Crippen molar-refractivity contribution in [3.8, 4) is 0 Å². The molecule has 0 unspecified atom stereocenters. The fraction of sp³-hybridized carbons (Fsp3) is 0.500. The monoisotopic (exact) mass is 418 g/mol. The molecule has 3 amide bonds. The number of allylic oxidation sites excluding steroid dienone is 2. The molecule has 5 aliphatic rings. The molecule has 1 aromatic carbocycles. The maximum absolute atomic E-state index is 13.4. The number of benzene rings is 1. The number of hydrogen-bond donors (Lipinski definition) is 0. The molecule has 4 aliphatic carbocycles. The van der Waals surface area contributed by atoms with E-state index < -0.39 is 42.4 Å². The van der Waals surface area contributed by atoms with E-state index in [-0.39, 0.29) is 17.5 Å². The molecule has 0 N–H and O–H groups in total. The van der Waals surface area contributed by atoms with Gasteiger partial charge in [-0.25, -0.2) is 0 Å². The number of aryl methyl sites for hydroxylation is 1. The largest absolute Gasteiger partial charge is 0.471 e. The van der Waals surface area contributed by atoms with Crippen LogP contribution in [0.25, 0.3) is 0 Å². The second kappa shape index (κ2) is 6.43. The number of halogens is 3. The Balaban J connectivity index is 1.49. The first kappa shape index (κ1) is 19.3. The molecule has 1 saturated heterocycles. The Kier molecular flexibility index (Phi) is 4.14. The average molecular weight is 418 g/mol. The molecule has 6 rings (SSSR count). The molecule has 3 fully saturated rings. The molecule has 6 atom stereocenters. The molecule has 2 saturated carbocycles. The van der Waals surface area contributed by atoms with Crippen LogP contribution in [0.2, 0.25) is 0 Å². The zero-order valence-electron chi connectivity index (χ0n) is 16.3. The predicted molar refractivity (Wildman–Crippen MR) is 101 cm³/mol. The van der Waals surface area contributed by atoms with Crippen LogP contribution in [0, 0.1) is 35.5 Å². The van der Waals surface area contributed by atoms with Crippen LogP contribution in [0.1, 0.15) is 18.9 Å². The summed E-state index contributed by atoms with van der Waals surface area (Å²) >= 11 is 0. The van der Waals surface area contributed by atoms with Crippen molar-refractivity contribution >= 4 is 23.4 Å².